The Morgan fingerprint density at radius 3 is 2.52 bits per heavy atom. The monoisotopic (exact) mass is 364 g/mol. The van der Waals surface area contributed by atoms with Gasteiger partial charge in [-0.1, -0.05) is 0 Å². The number of rotatable bonds is 6. The minimum Gasteiger partial charge on any atom is -0.495 e. The molecule has 7 nitrogen and oxygen atoms in total. The Hall–Kier alpha value is -2.58. The minimum atomic E-state index is -3.62. The van der Waals surface area contributed by atoms with Crippen LogP contribution in [0.1, 0.15) is 11.5 Å². The number of carbonyl (C=O) groups is 1. The van der Waals surface area contributed by atoms with Crippen molar-refractivity contribution in [3.8, 4) is 5.75 Å². The average molecular weight is 364 g/mol. The van der Waals surface area contributed by atoms with Crippen LogP contribution in [0.2, 0.25) is 0 Å². The Labute approximate surface area is 146 Å². The largest absolute Gasteiger partial charge is 0.495 e. The molecule has 0 aliphatic rings. The molecule has 0 aliphatic carbocycles. The lowest BCUT2D eigenvalue weighted by atomic mass is 10.3. The van der Waals surface area contributed by atoms with Crippen molar-refractivity contribution in [3.63, 3.8) is 0 Å². The van der Waals surface area contributed by atoms with Crippen LogP contribution in [-0.2, 0) is 14.8 Å². The van der Waals surface area contributed by atoms with Crippen molar-refractivity contribution >= 4 is 27.7 Å². The van der Waals surface area contributed by atoms with Gasteiger partial charge in [0.2, 0.25) is 15.9 Å². The van der Waals surface area contributed by atoms with E-state index in [1.54, 1.807) is 19.1 Å². The Kier molecular flexibility index (Phi) is 5.66. The molecule has 2 aromatic rings. The van der Waals surface area contributed by atoms with E-state index in [-0.39, 0.29) is 10.6 Å². The number of aryl methyl sites for hydroxylation is 1. The van der Waals surface area contributed by atoms with Crippen molar-refractivity contribution in [3.05, 3.63) is 47.9 Å². The SMILES string of the molecule is COc1ccc(S(=O)(=O)N(C)C)cc1NC(=O)/C=C\c1ccc(C)o1. The molecule has 0 fully saturated rings. The van der Waals surface area contributed by atoms with Crippen molar-refractivity contribution < 1.29 is 22.4 Å². The van der Waals surface area contributed by atoms with Crippen molar-refractivity contribution in [1.82, 2.24) is 4.31 Å². The number of sulfonamides is 1. The van der Waals surface area contributed by atoms with Crippen molar-refractivity contribution in [2.24, 2.45) is 0 Å². The molecule has 1 aromatic heterocycles. The van der Waals surface area contributed by atoms with Gasteiger partial charge in [0.15, 0.2) is 0 Å². The number of nitrogens with zero attached hydrogens (tertiary/aromatic N) is 1. The fourth-order valence-electron chi connectivity index (χ4n) is 2.03. The van der Waals surface area contributed by atoms with E-state index >= 15 is 0 Å². The van der Waals surface area contributed by atoms with E-state index in [1.165, 1.54) is 51.6 Å². The second kappa shape index (κ2) is 7.54. The summed E-state index contributed by atoms with van der Waals surface area (Å²) < 4.78 is 36.1. The standard InChI is InChI=1S/C17H20N2O5S/c1-12-5-6-13(24-12)7-10-17(20)18-15-11-14(8-9-16(15)23-4)25(21,22)19(2)3/h5-11H,1-4H3,(H,18,20)/b10-7-. The van der Waals surface area contributed by atoms with Gasteiger partial charge in [0, 0.05) is 20.2 Å². The van der Waals surface area contributed by atoms with Crippen LogP contribution in [0.5, 0.6) is 5.75 Å². The summed E-state index contributed by atoms with van der Waals surface area (Å²) in [5, 5.41) is 2.61. The van der Waals surface area contributed by atoms with Crippen LogP contribution in [0.25, 0.3) is 6.08 Å². The van der Waals surface area contributed by atoms with E-state index in [4.69, 9.17) is 9.15 Å². The zero-order chi connectivity index (χ0) is 18.6. The van der Waals surface area contributed by atoms with Gasteiger partial charge < -0.3 is 14.5 Å². The molecule has 1 amide bonds. The molecule has 0 atom stereocenters. The molecule has 0 bridgehead atoms. The van der Waals surface area contributed by atoms with Crippen molar-refractivity contribution in [2.75, 3.05) is 26.5 Å². The highest BCUT2D eigenvalue weighted by Gasteiger charge is 2.19. The molecule has 2 rings (SSSR count). The van der Waals surface area contributed by atoms with Crippen LogP contribution >= 0.6 is 0 Å². The Morgan fingerprint density at radius 1 is 1.24 bits per heavy atom. The van der Waals surface area contributed by atoms with E-state index in [0.717, 1.165) is 10.1 Å². The summed E-state index contributed by atoms with van der Waals surface area (Å²) in [5.74, 6) is 1.20. The Balaban J connectivity index is 2.25. The van der Waals surface area contributed by atoms with Crippen LogP contribution in [0.4, 0.5) is 5.69 Å². The van der Waals surface area contributed by atoms with Crippen LogP contribution in [0.3, 0.4) is 0 Å². The van der Waals surface area contributed by atoms with Crippen molar-refractivity contribution in [1.29, 1.82) is 0 Å². The molecule has 0 radical (unpaired) electrons. The second-order valence-electron chi connectivity index (χ2n) is 5.42. The summed E-state index contributed by atoms with van der Waals surface area (Å²) in [6, 6.07) is 7.80. The Bertz CT molecular complexity index is 898. The Morgan fingerprint density at radius 2 is 1.96 bits per heavy atom. The zero-order valence-electron chi connectivity index (χ0n) is 14.4. The number of methoxy groups -OCH3 is 1. The molecule has 25 heavy (non-hydrogen) atoms. The lowest BCUT2D eigenvalue weighted by Crippen LogP contribution is -2.22. The number of amides is 1. The highest BCUT2D eigenvalue weighted by atomic mass is 32.2. The molecular weight excluding hydrogens is 344 g/mol. The highest BCUT2D eigenvalue weighted by molar-refractivity contribution is 7.89. The number of anilines is 1. The first-order valence-corrected chi connectivity index (χ1v) is 8.84. The molecule has 134 valence electrons. The fourth-order valence-corrected chi connectivity index (χ4v) is 2.96. The maximum absolute atomic E-state index is 12.2. The molecule has 1 heterocycles. The number of nitrogens with one attached hydrogen (secondary N) is 1. The summed E-state index contributed by atoms with van der Waals surface area (Å²) in [7, 11) is 0.691. The maximum Gasteiger partial charge on any atom is 0.248 e. The molecule has 0 unspecified atom stereocenters. The lowest BCUT2D eigenvalue weighted by Gasteiger charge is -2.14. The number of hydrogen-bond acceptors (Lipinski definition) is 5. The van der Waals surface area contributed by atoms with Gasteiger partial charge in [0.25, 0.3) is 0 Å². The van der Waals surface area contributed by atoms with Crippen molar-refractivity contribution in [2.45, 2.75) is 11.8 Å². The second-order valence-corrected chi connectivity index (χ2v) is 7.57. The van der Waals surface area contributed by atoms with Gasteiger partial charge >= 0.3 is 0 Å². The molecule has 8 heteroatoms. The zero-order valence-corrected chi connectivity index (χ0v) is 15.3. The van der Waals surface area contributed by atoms with Gasteiger partial charge in [0.05, 0.1) is 17.7 Å². The highest BCUT2D eigenvalue weighted by Crippen LogP contribution is 2.28. The number of furan rings is 1. The van der Waals surface area contributed by atoms with Crippen LogP contribution in [-0.4, -0.2) is 39.8 Å². The molecule has 1 aromatic carbocycles. The van der Waals surface area contributed by atoms with Gasteiger partial charge in [-0.15, -0.1) is 0 Å². The summed E-state index contributed by atoms with van der Waals surface area (Å²) in [6.07, 6.45) is 2.82. The average Bonchev–Trinajstić information content (AvgIpc) is 2.98. The topological polar surface area (TPSA) is 88.9 Å². The van der Waals surface area contributed by atoms with E-state index in [2.05, 4.69) is 5.32 Å². The first kappa shape index (κ1) is 18.8. The normalized spacial score (nSPS) is 11.9. The number of benzene rings is 1. The van der Waals surface area contributed by atoms with E-state index in [1.807, 2.05) is 0 Å². The molecule has 1 N–H and O–H groups in total. The predicted octanol–water partition coefficient (Wildman–Crippen LogP) is 2.50. The van der Waals surface area contributed by atoms with Gasteiger partial charge in [0.1, 0.15) is 17.3 Å². The number of ether oxygens (including phenoxy) is 1. The molecule has 0 spiro atoms. The molecule has 0 saturated carbocycles. The fraction of sp³-hybridized carbons (Fsp3) is 0.235. The quantitative estimate of drug-likeness (QED) is 0.796. The predicted molar refractivity (Wildman–Crippen MR) is 95.0 cm³/mol. The molecular formula is C17H20N2O5S. The maximum atomic E-state index is 12.2. The van der Waals surface area contributed by atoms with E-state index in [9.17, 15) is 13.2 Å². The van der Waals surface area contributed by atoms with Gasteiger partial charge in [-0.25, -0.2) is 12.7 Å². The van der Waals surface area contributed by atoms with Gasteiger partial charge in [-0.05, 0) is 43.3 Å². The summed E-state index contributed by atoms with van der Waals surface area (Å²) >= 11 is 0. The summed E-state index contributed by atoms with van der Waals surface area (Å²) in [4.78, 5) is 12.2. The van der Waals surface area contributed by atoms with Crippen LogP contribution in [0, 0.1) is 6.92 Å². The van der Waals surface area contributed by atoms with Crippen LogP contribution < -0.4 is 10.1 Å². The minimum absolute atomic E-state index is 0.0549. The van der Waals surface area contributed by atoms with Crippen LogP contribution in [0.15, 0.2) is 45.7 Å². The first-order valence-electron chi connectivity index (χ1n) is 7.40. The summed E-state index contributed by atoms with van der Waals surface area (Å²) in [5.41, 5.74) is 0.260. The smallest absolute Gasteiger partial charge is 0.248 e. The van der Waals surface area contributed by atoms with E-state index in [0.29, 0.717) is 11.5 Å². The van der Waals surface area contributed by atoms with E-state index < -0.39 is 15.9 Å². The third kappa shape index (κ3) is 4.49. The number of hydrogen-bond donors (Lipinski definition) is 1. The first-order chi connectivity index (χ1) is 11.7. The third-order valence-electron chi connectivity index (χ3n) is 3.37. The lowest BCUT2D eigenvalue weighted by molar-refractivity contribution is -0.111. The number of carbonyl (C=O) groups excluding carboxylic acids is 1. The van der Waals surface area contributed by atoms with Gasteiger partial charge in [-0.3, -0.25) is 4.79 Å². The third-order valence-corrected chi connectivity index (χ3v) is 5.18. The summed E-state index contributed by atoms with van der Waals surface area (Å²) in [6.45, 7) is 1.80. The van der Waals surface area contributed by atoms with Gasteiger partial charge in [-0.2, -0.15) is 0 Å². The molecule has 0 aliphatic heterocycles. The molecule has 0 saturated heterocycles.